The SMILES string of the molecule is Cl.NCC1CCCCC1NC(=O)c1cc(Br)c2c(c1)OCO2. The standard InChI is InChI=1S/C15H19BrN2O3.ClH/c16-11-5-10(6-13-14(11)21-8-20-13)15(19)18-12-4-2-1-3-9(12)7-17;/h5-6,9,12H,1-4,7-8,17H2,(H,18,19);1H. The molecular weight excluding hydrogens is 372 g/mol. The summed E-state index contributed by atoms with van der Waals surface area (Å²) >= 11 is 3.41. The van der Waals surface area contributed by atoms with Gasteiger partial charge in [0.05, 0.1) is 4.47 Å². The lowest BCUT2D eigenvalue weighted by molar-refractivity contribution is 0.0907. The van der Waals surface area contributed by atoms with Crippen molar-refractivity contribution in [3.63, 3.8) is 0 Å². The minimum atomic E-state index is -0.0839. The molecule has 1 amide bonds. The summed E-state index contributed by atoms with van der Waals surface area (Å²) in [4.78, 5) is 12.5. The second-order valence-corrected chi connectivity index (χ2v) is 6.41. The predicted octanol–water partition coefficient (Wildman–Crippen LogP) is 2.85. The molecule has 122 valence electrons. The van der Waals surface area contributed by atoms with Crippen LogP contribution in [0.1, 0.15) is 36.0 Å². The van der Waals surface area contributed by atoms with Gasteiger partial charge in [0, 0.05) is 11.6 Å². The molecule has 0 radical (unpaired) electrons. The quantitative estimate of drug-likeness (QED) is 0.831. The fourth-order valence-electron chi connectivity index (χ4n) is 3.03. The fourth-order valence-corrected chi connectivity index (χ4v) is 3.59. The van der Waals surface area contributed by atoms with Crippen LogP contribution in [0.15, 0.2) is 16.6 Å². The molecule has 1 aliphatic heterocycles. The Morgan fingerprint density at radius 3 is 2.86 bits per heavy atom. The summed E-state index contributed by atoms with van der Waals surface area (Å²) < 4.78 is 11.4. The molecule has 2 aliphatic rings. The maximum Gasteiger partial charge on any atom is 0.251 e. The van der Waals surface area contributed by atoms with Crippen LogP contribution in [0.3, 0.4) is 0 Å². The van der Waals surface area contributed by atoms with Crippen LogP contribution in [0.4, 0.5) is 0 Å². The molecule has 1 fully saturated rings. The molecule has 1 aliphatic carbocycles. The Bertz CT molecular complexity index is 556. The van der Waals surface area contributed by atoms with Gasteiger partial charge in [0.25, 0.3) is 5.91 Å². The van der Waals surface area contributed by atoms with Gasteiger partial charge in [-0.1, -0.05) is 12.8 Å². The molecule has 7 heteroatoms. The number of nitrogens with two attached hydrogens (primary N) is 1. The van der Waals surface area contributed by atoms with Crippen LogP contribution in [0, 0.1) is 5.92 Å². The van der Waals surface area contributed by atoms with Crippen LogP contribution in [-0.4, -0.2) is 25.3 Å². The van der Waals surface area contributed by atoms with Crippen molar-refractivity contribution in [3.8, 4) is 11.5 Å². The minimum absolute atomic E-state index is 0. The van der Waals surface area contributed by atoms with E-state index in [-0.39, 0.29) is 31.1 Å². The smallest absolute Gasteiger partial charge is 0.251 e. The molecule has 0 saturated heterocycles. The third-order valence-corrected chi connectivity index (χ3v) is 4.81. The number of benzene rings is 1. The van der Waals surface area contributed by atoms with Crippen LogP contribution < -0.4 is 20.5 Å². The second kappa shape index (κ2) is 7.53. The summed E-state index contributed by atoms with van der Waals surface area (Å²) in [5.74, 6) is 1.55. The first-order valence-electron chi connectivity index (χ1n) is 7.29. The summed E-state index contributed by atoms with van der Waals surface area (Å²) in [6.45, 7) is 0.812. The van der Waals surface area contributed by atoms with Gasteiger partial charge in [0.2, 0.25) is 6.79 Å². The van der Waals surface area contributed by atoms with Crippen LogP contribution in [0.5, 0.6) is 11.5 Å². The number of hydrogen-bond acceptors (Lipinski definition) is 4. The lowest BCUT2D eigenvalue weighted by Crippen LogP contribution is -2.44. The highest BCUT2D eigenvalue weighted by Crippen LogP contribution is 2.40. The predicted molar refractivity (Wildman–Crippen MR) is 89.8 cm³/mol. The van der Waals surface area contributed by atoms with Crippen molar-refractivity contribution >= 4 is 34.2 Å². The summed E-state index contributed by atoms with van der Waals surface area (Å²) in [7, 11) is 0. The van der Waals surface area contributed by atoms with Gasteiger partial charge in [-0.05, 0) is 53.4 Å². The van der Waals surface area contributed by atoms with E-state index in [1.165, 1.54) is 6.42 Å². The second-order valence-electron chi connectivity index (χ2n) is 5.55. The molecular formula is C15H20BrClN2O3. The molecule has 1 heterocycles. The zero-order valence-electron chi connectivity index (χ0n) is 12.1. The van der Waals surface area contributed by atoms with Gasteiger partial charge in [0.1, 0.15) is 0 Å². The number of fused-ring (bicyclic) bond motifs is 1. The average molecular weight is 392 g/mol. The molecule has 1 aromatic rings. The van der Waals surface area contributed by atoms with Gasteiger partial charge in [-0.3, -0.25) is 4.79 Å². The number of hydrogen-bond donors (Lipinski definition) is 2. The van der Waals surface area contributed by atoms with E-state index < -0.39 is 0 Å². The van der Waals surface area contributed by atoms with Gasteiger partial charge >= 0.3 is 0 Å². The molecule has 1 saturated carbocycles. The number of rotatable bonds is 3. The average Bonchev–Trinajstić information content (AvgIpc) is 2.96. The molecule has 2 unspecified atom stereocenters. The first-order chi connectivity index (χ1) is 10.2. The Morgan fingerprint density at radius 2 is 2.09 bits per heavy atom. The van der Waals surface area contributed by atoms with E-state index in [4.69, 9.17) is 15.2 Å². The molecule has 0 aromatic heterocycles. The first-order valence-corrected chi connectivity index (χ1v) is 8.08. The van der Waals surface area contributed by atoms with Crippen molar-refractivity contribution in [2.45, 2.75) is 31.7 Å². The molecule has 3 N–H and O–H groups in total. The maximum absolute atomic E-state index is 12.5. The summed E-state index contributed by atoms with van der Waals surface area (Å²) in [6, 6.07) is 3.66. The fraction of sp³-hybridized carbons (Fsp3) is 0.533. The van der Waals surface area contributed by atoms with Gasteiger partial charge in [0.15, 0.2) is 11.5 Å². The van der Waals surface area contributed by atoms with Crippen molar-refractivity contribution < 1.29 is 14.3 Å². The van der Waals surface area contributed by atoms with Crippen molar-refractivity contribution in [2.75, 3.05) is 13.3 Å². The van der Waals surface area contributed by atoms with Crippen molar-refractivity contribution in [1.29, 1.82) is 0 Å². The summed E-state index contributed by atoms with van der Waals surface area (Å²) in [6.07, 6.45) is 4.43. The number of carbonyl (C=O) groups is 1. The lowest BCUT2D eigenvalue weighted by atomic mass is 9.84. The van der Waals surface area contributed by atoms with E-state index in [1.807, 2.05) is 0 Å². The van der Waals surface area contributed by atoms with E-state index >= 15 is 0 Å². The molecule has 3 rings (SSSR count). The summed E-state index contributed by atoms with van der Waals surface area (Å²) in [5, 5.41) is 3.12. The van der Waals surface area contributed by atoms with Crippen molar-refractivity contribution in [3.05, 3.63) is 22.2 Å². The first kappa shape index (κ1) is 17.4. The highest BCUT2D eigenvalue weighted by molar-refractivity contribution is 9.10. The molecule has 0 bridgehead atoms. The summed E-state index contributed by atoms with van der Waals surface area (Å²) in [5.41, 5.74) is 6.39. The minimum Gasteiger partial charge on any atom is -0.454 e. The molecule has 2 atom stereocenters. The molecule has 0 spiro atoms. The Labute approximate surface area is 144 Å². The van der Waals surface area contributed by atoms with Crippen LogP contribution in [0.2, 0.25) is 0 Å². The normalized spacial score (nSPS) is 22.8. The number of carbonyl (C=O) groups excluding carboxylic acids is 1. The maximum atomic E-state index is 12.5. The monoisotopic (exact) mass is 390 g/mol. The highest BCUT2D eigenvalue weighted by atomic mass is 79.9. The molecule has 5 nitrogen and oxygen atoms in total. The van der Waals surface area contributed by atoms with Crippen molar-refractivity contribution in [2.24, 2.45) is 11.7 Å². The van der Waals surface area contributed by atoms with E-state index in [0.29, 0.717) is 29.5 Å². The lowest BCUT2D eigenvalue weighted by Gasteiger charge is -2.31. The van der Waals surface area contributed by atoms with Gasteiger partial charge in [-0.25, -0.2) is 0 Å². The van der Waals surface area contributed by atoms with Crippen LogP contribution >= 0.6 is 28.3 Å². The van der Waals surface area contributed by atoms with Crippen molar-refractivity contribution in [1.82, 2.24) is 5.32 Å². The number of nitrogens with one attached hydrogen (secondary N) is 1. The van der Waals surface area contributed by atoms with Gasteiger partial charge in [-0.2, -0.15) is 0 Å². The van der Waals surface area contributed by atoms with E-state index in [2.05, 4.69) is 21.2 Å². The number of amides is 1. The zero-order valence-corrected chi connectivity index (χ0v) is 14.5. The number of ether oxygens (including phenoxy) is 2. The zero-order chi connectivity index (χ0) is 14.8. The Morgan fingerprint density at radius 1 is 1.32 bits per heavy atom. The third kappa shape index (κ3) is 3.50. The Hall–Kier alpha value is -0.980. The van der Waals surface area contributed by atoms with E-state index in [9.17, 15) is 4.79 Å². The highest BCUT2D eigenvalue weighted by Gasteiger charge is 2.27. The van der Waals surface area contributed by atoms with E-state index in [1.54, 1.807) is 12.1 Å². The van der Waals surface area contributed by atoms with Crippen LogP contribution in [-0.2, 0) is 0 Å². The number of halogens is 2. The molecule has 1 aromatic carbocycles. The largest absolute Gasteiger partial charge is 0.454 e. The Balaban J connectivity index is 0.00000176. The van der Waals surface area contributed by atoms with E-state index in [0.717, 1.165) is 23.7 Å². The third-order valence-electron chi connectivity index (χ3n) is 4.22. The Kier molecular flexibility index (Phi) is 5.94. The topological polar surface area (TPSA) is 73.6 Å². The molecule has 22 heavy (non-hydrogen) atoms. The van der Waals surface area contributed by atoms with Gasteiger partial charge < -0.3 is 20.5 Å². The van der Waals surface area contributed by atoms with Crippen LogP contribution in [0.25, 0.3) is 0 Å². The van der Waals surface area contributed by atoms with Gasteiger partial charge in [-0.15, -0.1) is 12.4 Å².